The van der Waals surface area contributed by atoms with Crippen LogP contribution in [0.5, 0.6) is 0 Å². The molecule has 0 bridgehead atoms. The highest BCUT2D eigenvalue weighted by Gasteiger charge is 2.50. The minimum absolute atomic E-state index is 0.324. The number of hydrogen-bond acceptors (Lipinski definition) is 1. The lowest BCUT2D eigenvalue weighted by atomic mass is 9.61. The first-order chi connectivity index (χ1) is 9.70. The molecule has 2 rings (SSSR count). The third-order valence-corrected chi connectivity index (χ3v) is 11.3. The van der Waals surface area contributed by atoms with E-state index in [0.717, 1.165) is 11.2 Å². The third-order valence-electron chi connectivity index (χ3n) is 6.27. The van der Waals surface area contributed by atoms with Crippen LogP contribution in [0.3, 0.4) is 0 Å². The van der Waals surface area contributed by atoms with E-state index in [-0.39, 0.29) is 0 Å². The van der Waals surface area contributed by atoms with E-state index in [1.807, 2.05) is 0 Å². The highest BCUT2D eigenvalue weighted by molar-refractivity contribution is 9.09. The summed E-state index contributed by atoms with van der Waals surface area (Å²) in [6.07, 6.45) is 11.7. The maximum Gasteiger partial charge on any atom is 0.192 e. The maximum absolute atomic E-state index is 6.96. The van der Waals surface area contributed by atoms with Gasteiger partial charge in [-0.05, 0) is 61.6 Å². The molecule has 3 heteroatoms. The van der Waals surface area contributed by atoms with Crippen LogP contribution in [0, 0.1) is 11.3 Å². The molecule has 0 aromatic carbocycles. The molecule has 2 aliphatic carbocycles. The van der Waals surface area contributed by atoms with Gasteiger partial charge in [0.05, 0.1) is 6.10 Å². The predicted molar refractivity (Wildman–Crippen MR) is 98.7 cm³/mol. The van der Waals surface area contributed by atoms with Crippen molar-refractivity contribution >= 4 is 24.2 Å². The van der Waals surface area contributed by atoms with Crippen molar-refractivity contribution in [3.63, 3.8) is 0 Å². The molecule has 0 saturated heterocycles. The van der Waals surface area contributed by atoms with Gasteiger partial charge in [-0.25, -0.2) is 0 Å². The van der Waals surface area contributed by atoms with Crippen LogP contribution >= 0.6 is 15.9 Å². The summed E-state index contributed by atoms with van der Waals surface area (Å²) >= 11 is 3.62. The van der Waals surface area contributed by atoms with Crippen LogP contribution in [0.1, 0.15) is 72.1 Å². The molecule has 0 amide bonds. The number of rotatable bonds is 8. The van der Waals surface area contributed by atoms with E-state index in [2.05, 4.69) is 49.8 Å². The van der Waals surface area contributed by atoms with Gasteiger partial charge < -0.3 is 4.43 Å². The molecule has 0 aliphatic heterocycles. The van der Waals surface area contributed by atoms with Crippen LogP contribution in [-0.4, -0.2) is 19.8 Å². The zero-order valence-electron chi connectivity index (χ0n) is 14.8. The molecule has 2 fully saturated rings. The van der Waals surface area contributed by atoms with Crippen LogP contribution in [0.25, 0.3) is 0 Å². The quantitative estimate of drug-likeness (QED) is 0.346. The Bertz CT molecular complexity index is 340. The highest BCUT2D eigenvalue weighted by atomic mass is 79.9. The highest BCUT2D eigenvalue weighted by Crippen LogP contribution is 2.56. The Morgan fingerprint density at radius 3 is 2.24 bits per heavy atom. The van der Waals surface area contributed by atoms with Gasteiger partial charge in [-0.3, -0.25) is 0 Å². The van der Waals surface area contributed by atoms with Gasteiger partial charge in [0, 0.05) is 5.33 Å². The van der Waals surface area contributed by atoms with Crippen molar-refractivity contribution in [3.05, 3.63) is 0 Å². The Labute approximate surface area is 141 Å². The second kappa shape index (κ2) is 6.65. The van der Waals surface area contributed by atoms with Gasteiger partial charge in [0.1, 0.15) is 0 Å². The topological polar surface area (TPSA) is 9.23 Å². The van der Waals surface area contributed by atoms with Crippen molar-refractivity contribution in [2.75, 3.05) is 5.33 Å². The molecule has 21 heavy (non-hydrogen) atoms. The minimum atomic E-state index is -1.66. The van der Waals surface area contributed by atoms with Crippen LogP contribution < -0.4 is 0 Å². The fourth-order valence-electron chi connectivity index (χ4n) is 3.47. The van der Waals surface area contributed by atoms with E-state index in [1.54, 1.807) is 0 Å². The molecule has 0 N–H and O–H groups in total. The summed E-state index contributed by atoms with van der Waals surface area (Å²) < 4.78 is 6.96. The summed E-state index contributed by atoms with van der Waals surface area (Å²) in [6.45, 7) is 12.0. The average molecular weight is 375 g/mol. The Morgan fingerprint density at radius 1 is 1.24 bits per heavy atom. The maximum atomic E-state index is 6.96. The van der Waals surface area contributed by atoms with Gasteiger partial charge in [-0.15, -0.1) is 0 Å². The largest absolute Gasteiger partial charge is 0.413 e. The van der Waals surface area contributed by atoms with Crippen molar-refractivity contribution < 1.29 is 4.43 Å². The Balaban J connectivity index is 2.09. The van der Waals surface area contributed by atoms with Crippen LogP contribution in [0.2, 0.25) is 18.1 Å². The number of hydrogen-bond donors (Lipinski definition) is 0. The average Bonchev–Trinajstić information content (AvgIpc) is 3.11. The SMILES string of the molecule is CC(C)(C)[Si](C)(C)OC(CCCBr)C1(CC2CC2)CCC1. The predicted octanol–water partition coefficient (Wildman–Crippen LogP) is 6.52. The smallest absolute Gasteiger partial charge is 0.192 e. The summed E-state index contributed by atoms with van der Waals surface area (Å²) in [4.78, 5) is 0. The zero-order valence-corrected chi connectivity index (χ0v) is 17.4. The van der Waals surface area contributed by atoms with E-state index in [0.29, 0.717) is 16.6 Å². The fourth-order valence-corrected chi connectivity index (χ4v) is 5.23. The zero-order chi connectivity index (χ0) is 15.7. The number of alkyl halides is 1. The molecule has 0 aromatic heterocycles. The molecule has 124 valence electrons. The summed E-state index contributed by atoms with van der Waals surface area (Å²) in [5.41, 5.74) is 0.541. The van der Waals surface area contributed by atoms with E-state index in [4.69, 9.17) is 4.43 Å². The van der Waals surface area contributed by atoms with Crippen molar-refractivity contribution in [2.45, 2.75) is 96.4 Å². The van der Waals surface area contributed by atoms with E-state index in [9.17, 15) is 0 Å². The van der Waals surface area contributed by atoms with Gasteiger partial charge in [0.15, 0.2) is 8.32 Å². The van der Waals surface area contributed by atoms with E-state index < -0.39 is 8.32 Å². The molecule has 0 radical (unpaired) electrons. The second-order valence-electron chi connectivity index (χ2n) is 9.06. The molecule has 0 heterocycles. The lowest BCUT2D eigenvalue weighted by Crippen LogP contribution is -2.51. The molecular formula is C18H35BrOSi. The van der Waals surface area contributed by atoms with Crippen LogP contribution in [0.4, 0.5) is 0 Å². The Morgan fingerprint density at radius 2 is 1.86 bits per heavy atom. The Hall–Kier alpha value is 0.657. The van der Waals surface area contributed by atoms with Gasteiger partial charge in [-0.2, -0.15) is 0 Å². The van der Waals surface area contributed by atoms with E-state index >= 15 is 0 Å². The standard InChI is InChI=1S/C18H35BrOSi/c1-17(2,3)21(4,5)20-16(8-6-13-19)18(11-7-12-18)14-15-9-10-15/h15-16H,6-14H2,1-5H3. The minimum Gasteiger partial charge on any atom is -0.413 e. The first kappa shape index (κ1) is 18.0. The first-order valence-corrected chi connectivity index (χ1v) is 13.0. The summed E-state index contributed by atoms with van der Waals surface area (Å²) in [5, 5.41) is 1.44. The number of halogens is 1. The third kappa shape index (κ3) is 4.35. The molecule has 1 atom stereocenters. The fraction of sp³-hybridized carbons (Fsp3) is 1.00. The lowest BCUT2D eigenvalue weighted by molar-refractivity contribution is -0.0411. The molecule has 1 nitrogen and oxygen atoms in total. The van der Waals surface area contributed by atoms with Crippen molar-refractivity contribution in [1.82, 2.24) is 0 Å². The second-order valence-corrected chi connectivity index (χ2v) is 14.6. The normalized spacial score (nSPS) is 23.7. The van der Waals surface area contributed by atoms with Gasteiger partial charge in [-0.1, -0.05) is 56.0 Å². The first-order valence-electron chi connectivity index (χ1n) is 8.94. The Kier molecular flexibility index (Phi) is 5.70. The molecule has 0 aromatic rings. The van der Waals surface area contributed by atoms with Crippen LogP contribution in [-0.2, 0) is 4.43 Å². The van der Waals surface area contributed by atoms with E-state index in [1.165, 1.54) is 51.4 Å². The lowest BCUT2D eigenvalue weighted by Gasteiger charge is -2.52. The molecule has 0 spiro atoms. The van der Waals surface area contributed by atoms with Gasteiger partial charge in [0.25, 0.3) is 0 Å². The van der Waals surface area contributed by atoms with Gasteiger partial charge >= 0.3 is 0 Å². The van der Waals surface area contributed by atoms with Crippen molar-refractivity contribution in [2.24, 2.45) is 11.3 Å². The van der Waals surface area contributed by atoms with Crippen molar-refractivity contribution in [1.29, 1.82) is 0 Å². The van der Waals surface area contributed by atoms with Crippen molar-refractivity contribution in [3.8, 4) is 0 Å². The summed E-state index contributed by atoms with van der Waals surface area (Å²) in [6, 6.07) is 0. The molecule has 2 aliphatic rings. The summed E-state index contributed by atoms with van der Waals surface area (Å²) in [7, 11) is -1.66. The molecular weight excluding hydrogens is 340 g/mol. The monoisotopic (exact) mass is 374 g/mol. The molecule has 1 unspecified atom stereocenters. The molecule has 2 saturated carbocycles. The van der Waals surface area contributed by atoms with Crippen LogP contribution in [0.15, 0.2) is 0 Å². The van der Waals surface area contributed by atoms with Gasteiger partial charge in [0.2, 0.25) is 0 Å². The summed E-state index contributed by atoms with van der Waals surface area (Å²) in [5.74, 6) is 1.03.